The summed E-state index contributed by atoms with van der Waals surface area (Å²) in [6.07, 6.45) is 5.89. The summed E-state index contributed by atoms with van der Waals surface area (Å²) >= 11 is 0. The van der Waals surface area contributed by atoms with Crippen molar-refractivity contribution in [2.24, 2.45) is 0 Å². The van der Waals surface area contributed by atoms with Crippen LogP contribution in [-0.2, 0) is 12.8 Å². The summed E-state index contributed by atoms with van der Waals surface area (Å²) in [4.78, 5) is 0. The predicted molar refractivity (Wildman–Crippen MR) is 64.5 cm³/mol. The largest absolute Gasteiger partial charge is 0.103 e. The first-order chi connectivity index (χ1) is 6.72. The van der Waals surface area contributed by atoms with Crippen LogP contribution in [0, 0.1) is 6.92 Å². The van der Waals surface area contributed by atoms with Crippen LogP contribution in [0.4, 0.5) is 0 Å². The maximum atomic E-state index is 3.84. The van der Waals surface area contributed by atoms with E-state index in [1.165, 1.54) is 22.3 Å². The second kappa shape index (κ2) is 4.80. The van der Waals surface area contributed by atoms with Crippen LogP contribution in [0.25, 0.3) is 6.08 Å². The molecule has 0 heterocycles. The summed E-state index contributed by atoms with van der Waals surface area (Å²) in [5.41, 5.74) is 5.35. The zero-order valence-corrected chi connectivity index (χ0v) is 9.14. The lowest BCUT2D eigenvalue weighted by atomic mass is 9.96. The van der Waals surface area contributed by atoms with Crippen molar-refractivity contribution in [3.8, 4) is 0 Å². The second-order valence-corrected chi connectivity index (χ2v) is 3.52. The van der Waals surface area contributed by atoms with Gasteiger partial charge in [0.15, 0.2) is 0 Å². The molecule has 0 saturated carbocycles. The average Bonchev–Trinajstić information content (AvgIpc) is 2.20. The SMILES string of the molecule is C=CCc1cc(C=C)c(C)c(CC)c1. The molecule has 0 nitrogen and oxygen atoms in total. The van der Waals surface area contributed by atoms with Crippen LogP contribution in [0.2, 0.25) is 0 Å². The molecular formula is C14H18. The lowest BCUT2D eigenvalue weighted by molar-refractivity contribution is 1.09. The zero-order chi connectivity index (χ0) is 10.6. The first-order valence-corrected chi connectivity index (χ1v) is 5.08. The van der Waals surface area contributed by atoms with Gasteiger partial charge in [0.05, 0.1) is 0 Å². The molecule has 0 aliphatic heterocycles. The van der Waals surface area contributed by atoms with E-state index < -0.39 is 0 Å². The van der Waals surface area contributed by atoms with Crippen molar-refractivity contribution < 1.29 is 0 Å². The highest BCUT2D eigenvalue weighted by atomic mass is 14.1. The monoisotopic (exact) mass is 186 g/mol. The van der Waals surface area contributed by atoms with Crippen molar-refractivity contribution >= 4 is 6.08 Å². The smallest absolute Gasteiger partial charge is 0.00998 e. The summed E-state index contributed by atoms with van der Waals surface area (Å²) < 4.78 is 0. The molecule has 0 aliphatic rings. The van der Waals surface area contributed by atoms with E-state index in [0.29, 0.717) is 0 Å². The third-order valence-electron chi connectivity index (χ3n) is 2.60. The molecule has 0 saturated heterocycles. The number of aryl methyl sites for hydroxylation is 1. The Labute approximate surface area is 87.0 Å². The van der Waals surface area contributed by atoms with Gasteiger partial charge in [0, 0.05) is 0 Å². The molecule has 1 rings (SSSR count). The Kier molecular flexibility index (Phi) is 3.70. The van der Waals surface area contributed by atoms with Gasteiger partial charge in [-0.25, -0.2) is 0 Å². The Morgan fingerprint density at radius 2 is 2.00 bits per heavy atom. The molecule has 74 valence electrons. The maximum absolute atomic E-state index is 3.84. The molecule has 0 spiro atoms. The molecule has 0 atom stereocenters. The van der Waals surface area contributed by atoms with Crippen molar-refractivity contribution in [2.45, 2.75) is 26.7 Å². The van der Waals surface area contributed by atoms with E-state index in [1.54, 1.807) is 0 Å². The fourth-order valence-electron chi connectivity index (χ4n) is 1.73. The van der Waals surface area contributed by atoms with Crippen LogP contribution >= 0.6 is 0 Å². The van der Waals surface area contributed by atoms with E-state index in [-0.39, 0.29) is 0 Å². The Morgan fingerprint density at radius 1 is 1.29 bits per heavy atom. The number of rotatable bonds is 4. The van der Waals surface area contributed by atoms with Gasteiger partial charge >= 0.3 is 0 Å². The maximum Gasteiger partial charge on any atom is -0.00998 e. The second-order valence-electron chi connectivity index (χ2n) is 3.52. The summed E-state index contributed by atoms with van der Waals surface area (Å²) in [5, 5.41) is 0. The summed E-state index contributed by atoms with van der Waals surface area (Å²) in [6.45, 7) is 12.0. The van der Waals surface area contributed by atoms with Crippen molar-refractivity contribution in [3.63, 3.8) is 0 Å². The van der Waals surface area contributed by atoms with Crippen LogP contribution in [0.15, 0.2) is 31.4 Å². The number of benzene rings is 1. The molecule has 0 aliphatic carbocycles. The van der Waals surface area contributed by atoms with Gasteiger partial charge in [-0.1, -0.05) is 37.8 Å². The standard InChI is InChI=1S/C14H18/c1-5-8-12-9-13(6-2)11(4)14(7-3)10-12/h5-6,9-10H,1-2,7-8H2,3-4H3. The lowest BCUT2D eigenvalue weighted by Gasteiger charge is -2.10. The Balaban J connectivity index is 3.23. The number of allylic oxidation sites excluding steroid dienone is 1. The highest BCUT2D eigenvalue weighted by molar-refractivity contribution is 5.55. The van der Waals surface area contributed by atoms with E-state index in [9.17, 15) is 0 Å². The quantitative estimate of drug-likeness (QED) is 0.625. The minimum absolute atomic E-state index is 0.939. The first kappa shape index (κ1) is 10.8. The van der Waals surface area contributed by atoms with Crippen LogP contribution in [0.1, 0.15) is 29.2 Å². The minimum atomic E-state index is 0.939. The molecule has 0 aromatic heterocycles. The Bertz CT molecular complexity index is 345. The topological polar surface area (TPSA) is 0 Å². The Hall–Kier alpha value is -1.30. The van der Waals surface area contributed by atoms with E-state index in [2.05, 4.69) is 39.1 Å². The third-order valence-corrected chi connectivity index (χ3v) is 2.60. The summed E-state index contributed by atoms with van der Waals surface area (Å²) in [6, 6.07) is 4.47. The molecule has 0 fully saturated rings. The third kappa shape index (κ3) is 2.14. The molecule has 0 amide bonds. The molecule has 0 radical (unpaired) electrons. The van der Waals surface area contributed by atoms with Crippen LogP contribution < -0.4 is 0 Å². The lowest BCUT2D eigenvalue weighted by Crippen LogP contribution is -1.94. The van der Waals surface area contributed by atoms with Crippen molar-refractivity contribution in [3.05, 3.63) is 53.6 Å². The average molecular weight is 186 g/mol. The van der Waals surface area contributed by atoms with Gasteiger partial charge in [0.2, 0.25) is 0 Å². The highest BCUT2D eigenvalue weighted by Crippen LogP contribution is 2.19. The van der Waals surface area contributed by atoms with Crippen LogP contribution in [0.3, 0.4) is 0 Å². The van der Waals surface area contributed by atoms with E-state index in [4.69, 9.17) is 0 Å². The zero-order valence-electron chi connectivity index (χ0n) is 9.14. The highest BCUT2D eigenvalue weighted by Gasteiger charge is 2.02. The summed E-state index contributed by atoms with van der Waals surface area (Å²) in [7, 11) is 0. The van der Waals surface area contributed by atoms with Crippen molar-refractivity contribution in [1.82, 2.24) is 0 Å². The van der Waals surface area contributed by atoms with Crippen molar-refractivity contribution in [1.29, 1.82) is 0 Å². The molecule has 0 heteroatoms. The molecule has 1 aromatic carbocycles. The number of hydrogen-bond acceptors (Lipinski definition) is 0. The van der Waals surface area contributed by atoms with E-state index in [0.717, 1.165) is 12.8 Å². The van der Waals surface area contributed by atoms with Crippen LogP contribution in [0.5, 0.6) is 0 Å². The van der Waals surface area contributed by atoms with Gasteiger partial charge < -0.3 is 0 Å². The van der Waals surface area contributed by atoms with E-state index >= 15 is 0 Å². The minimum Gasteiger partial charge on any atom is -0.103 e. The molecular weight excluding hydrogens is 168 g/mol. The fraction of sp³-hybridized carbons (Fsp3) is 0.286. The van der Waals surface area contributed by atoms with Gasteiger partial charge in [0.25, 0.3) is 0 Å². The first-order valence-electron chi connectivity index (χ1n) is 5.08. The van der Waals surface area contributed by atoms with Gasteiger partial charge in [-0.2, -0.15) is 0 Å². The molecule has 14 heavy (non-hydrogen) atoms. The van der Waals surface area contributed by atoms with Gasteiger partial charge in [-0.3, -0.25) is 0 Å². The predicted octanol–water partition coefficient (Wildman–Crippen LogP) is 3.93. The Morgan fingerprint density at radius 3 is 2.50 bits per heavy atom. The normalized spacial score (nSPS) is 9.86. The van der Waals surface area contributed by atoms with Crippen molar-refractivity contribution in [2.75, 3.05) is 0 Å². The van der Waals surface area contributed by atoms with Gasteiger partial charge in [-0.05, 0) is 42.0 Å². The fourth-order valence-corrected chi connectivity index (χ4v) is 1.73. The molecule has 1 aromatic rings. The van der Waals surface area contributed by atoms with Crippen LogP contribution in [-0.4, -0.2) is 0 Å². The van der Waals surface area contributed by atoms with Gasteiger partial charge in [0.1, 0.15) is 0 Å². The van der Waals surface area contributed by atoms with Gasteiger partial charge in [-0.15, -0.1) is 6.58 Å². The molecule has 0 bridgehead atoms. The summed E-state index contributed by atoms with van der Waals surface area (Å²) in [5.74, 6) is 0. The number of hydrogen-bond donors (Lipinski definition) is 0. The van der Waals surface area contributed by atoms with E-state index in [1.807, 2.05) is 12.2 Å². The molecule has 0 N–H and O–H groups in total. The molecule has 0 unspecified atom stereocenters.